The molecule has 0 spiro atoms. The average molecular weight is 386 g/mol. The smallest absolute Gasteiger partial charge is 0.304 e. The summed E-state index contributed by atoms with van der Waals surface area (Å²) in [5.74, 6) is 0.389. The van der Waals surface area contributed by atoms with Gasteiger partial charge in [0.05, 0.1) is 33.2 Å². The number of hydrogen-bond acceptors (Lipinski definition) is 5. The molecule has 0 aliphatic rings. The summed E-state index contributed by atoms with van der Waals surface area (Å²) in [7, 11) is 4.92. The molecule has 0 saturated heterocycles. The Hall–Kier alpha value is -3.06. The lowest BCUT2D eigenvalue weighted by molar-refractivity contribution is -0.137. The number of amides is 1. The molecule has 0 aromatic heterocycles. The number of carbonyl (C=O) groups is 2. The van der Waals surface area contributed by atoms with Crippen LogP contribution in [0.3, 0.4) is 0 Å². The number of carbonyl (C=O) groups excluding carboxylic acids is 1. The highest BCUT2D eigenvalue weighted by molar-refractivity contribution is 5.79. The van der Waals surface area contributed by atoms with Crippen molar-refractivity contribution >= 4 is 11.9 Å². The van der Waals surface area contributed by atoms with Crippen molar-refractivity contribution in [3.05, 3.63) is 59.7 Å². The predicted molar refractivity (Wildman–Crippen MR) is 106 cm³/mol. The molecule has 2 aromatic rings. The van der Waals surface area contributed by atoms with Crippen LogP contribution in [0.2, 0.25) is 0 Å². The standard InChI is InChI=1S/C21H26N2O5/c1-23(13-12-20(25)26)14-19(24)22-21(15-4-8-17(27-2)9-5-15)16-6-10-18(28-3)11-7-16/h4-11,21H,12-14H2,1-3H3,(H,22,24)(H,25,26). The van der Waals surface area contributed by atoms with Crippen LogP contribution in [0.5, 0.6) is 11.5 Å². The maximum atomic E-state index is 12.6. The zero-order valence-corrected chi connectivity index (χ0v) is 16.3. The summed E-state index contributed by atoms with van der Waals surface area (Å²) < 4.78 is 10.4. The highest BCUT2D eigenvalue weighted by atomic mass is 16.5. The minimum Gasteiger partial charge on any atom is -0.497 e. The second-order valence-electron chi connectivity index (χ2n) is 6.43. The fourth-order valence-corrected chi connectivity index (χ4v) is 2.77. The van der Waals surface area contributed by atoms with Gasteiger partial charge in [-0.1, -0.05) is 24.3 Å². The van der Waals surface area contributed by atoms with Gasteiger partial charge in [0.1, 0.15) is 11.5 Å². The molecule has 0 atom stereocenters. The number of nitrogens with zero attached hydrogens (tertiary/aromatic N) is 1. The number of ether oxygens (including phenoxy) is 2. The molecule has 2 N–H and O–H groups in total. The third kappa shape index (κ3) is 6.28. The third-order valence-corrected chi connectivity index (χ3v) is 4.32. The number of aliphatic carboxylic acids is 1. The number of nitrogens with one attached hydrogen (secondary N) is 1. The number of hydrogen-bond donors (Lipinski definition) is 2. The van der Waals surface area contributed by atoms with Crippen molar-refractivity contribution in [1.29, 1.82) is 0 Å². The van der Waals surface area contributed by atoms with Gasteiger partial charge in [-0.2, -0.15) is 0 Å². The van der Waals surface area contributed by atoms with E-state index in [1.54, 1.807) is 26.2 Å². The van der Waals surface area contributed by atoms with Crippen LogP contribution < -0.4 is 14.8 Å². The van der Waals surface area contributed by atoms with E-state index in [0.717, 1.165) is 22.6 Å². The van der Waals surface area contributed by atoms with Gasteiger partial charge in [0.25, 0.3) is 0 Å². The summed E-state index contributed by atoms with van der Waals surface area (Å²) in [6.07, 6.45) is -0.00975. The van der Waals surface area contributed by atoms with Crippen molar-refractivity contribution < 1.29 is 24.2 Å². The quantitative estimate of drug-likeness (QED) is 0.652. The lowest BCUT2D eigenvalue weighted by Gasteiger charge is -2.22. The van der Waals surface area contributed by atoms with E-state index >= 15 is 0 Å². The molecule has 7 nitrogen and oxygen atoms in total. The predicted octanol–water partition coefficient (Wildman–Crippen LogP) is 2.32. The van der Waals surface area contributed by atoms with Gasteiger partial charge in [0.2, 0.25) is 5.91 Å². The molecule has 0 radical (unpaired) electrons. The van der Waals surface area contributed by atoms with Crippen molar-refractivity contribution in [2.75, 3.05) is 34.4 Å². The Morgan fingerprint density at radius 2 is 1.43 bits per heavy atom. The fourth-order valence-electron chi connectivity index (χ4n) is 2.77. The molecular weight excluding hydrogens is 360 g/mol. The maximum absolute atomic E-state index is 12.6. The zero-order valence-electron chi connectivity index (χ0n) is 16.3. The van der Waals surface area contributed by atoms with E-state index in [9.17, 15) is 9.59 Å². The van der Waals surface area contributed by atoms with E-state index in [0.29, 0.717) is 6.54 Å². The molecule has 0 aliphatic heterocycles. The van der Waals surface area contributed by atoms with Gasteiger partial charge < -0.3 is 19.9 Å². The van der Waals surface area contributed by atoms with E-state index in [1.807, 2.05) is 48.5 Å². The summed E-state index contributed by atoms with van der Waals surface area (Å²) in [4.78, 5) is 24.9. The van der Waals surface area contributed by atoms with Gasteiger partial charge in [0.15, 0.2) is 0 Å². The van der Waals surface area contributed by atoms with Gasteiger partial charge in [-0.3, -0.25) is 14.5 Å². The van der Waals surface area contributed by atoms with E-state index in [-0.39, 0.29) is 24.9 Å². The normalized spacial score (nSPS) is 10.8. The second-order valence-corrected chi connectivity index (χ2v) is 6.43. The Kier molecular flexibility index (Phi) is 7.83. The highest BCUT2D eigenvalue weighted by Crippen LogP contribution is 2.26. The number of likely N-dealkylation sites (N-methyl/N-ethyl adjacent to an activating group) is 1. The molecule has 2 rings (SSSR count). The Morgan fingerprint density at radius 3 is 1.82 bits per heavy atom. The van der Waals surface area contributed by atoms with Crippen LogP contribution in [-0.2, 0) is 9.59 Å². The Bertz CT molecular complexity index is 727. The molecule has 0 unspecified atom stereocenters. The molecule has 0 aliphatic carbocycles. The van der Waals surface area contributed by atoms with Crippen molar-refractivity contribution in [2.24, 2.45) is 0 Å². The topological polar surface area (TPSA) is 88.1 Å². The van der Waals surface area contributed by atoms with Crippen LogP contribution in [-0.4, -0.2) is 56.2 Å². The SMILES string of the molecule is COc1ccc(C(NC(=O)CN(C)CCC(=O)O)c2ccc(OC)cc2)cc1. The highest BCUT2D eigenvalue weighted by Gasteiger charge is 2.18. The van der Waals surface area contributed by atoms with Crippen molar-refractivity contribution in [1.82, 2.24) is 10.2 Å². The summed E-state index contributed by atoms with van der Waals surface area (Å²) in [5, 5.41) is 11.8. The number of rotatable bonds is 10. The first-order valence-corrected chi connectivity index (χ1v) is 8.90. The molecule has 0 bridgehead atoms. The van der Waals surface area contributed by atoms with Gasteiger partial charge >= 0.3 is 5.97 Å². The summed E-state index contributed by atoms with van der Waals surface area (Å²) >= 11 is 0. The number of benzene rings is 2. The number of methoxy groups -OCH3 is 2. The zero-order chi connectivity index (χ0) is 20.5. The van der Waals surface area contributed by atoms with Crippen molar-refractivity contribution in [3.8, 4) is 11.5 Å². The Morgan fingerprint density at radius 1 is 0.964 bits per heavy atom. The van der Waals surface area contributed by atoms with Crippen LogP contribution in [0, 0.1) is 0 Å². The monoisotopic (exact) mass is 386 g/mol. The maximum Gasteiger partial charge on any atom is 0.304 e. The van der Waals surface area contributed by atoms with Gasteiger partial charge in [-0.05, 0) is 42.4 Å². The van der Waals surface area contributed by atoms with Crippen LogP contribution in [0.4, 0.5) is 0 Å². The Balaban J connectivity index is 2.17. The molecule has 28 heavy (non-hydrogen) atoms. The van der Waals surface area contributed by atoms with Crippen LogP contribution in [0.25, 0.3) is 0 Å². The minimum absolute atomic E-state index is 0.00975. The van der Waals surface area contributed by atoms with Crippen LogP contribution >= 0.6 is 0 Å². The largest absolute Gasteiger partial charge is 0.497 e. The number of carboxylic acid groups (broad SMARTS) is 1. The Labute approximate surface area is 164 Å². The third-order valence-electron chi connectivity index (χ3n) is 4.32. The molecular formula is C21H26N2O5. The molecule has 0 saturated carbocycles. The first-order valence-electron chi connectivity index (χ1n) is 8.90. The summed E-state index contributed by atoms with van der Waals surface area (Å²) in [5.41, 5.74) is 1.82. The summed E-state index contributed by atoms with van der Waals surface area (Å²) in [6.45, 7) is 0.411. The molecule has 2 aromatic carbocycles. The lowest BCUT2D eigenvalue weighted by atomic mass is 9.98. The second kappa shape index (κ2) is 10.3. The van der Waals surface area contributed by atoms with Crippen molar-refractivity contribution in [3.63, 3.8) is 0 Å². The van der Waals surface area contributed by atoms with E-state index in [1.165, 1.54) is 0 Å². The van der Waals surface area contributed by atoms with Gasteiger partial charge in [-0.25, -0.2) is 0 Å². The van der Waals surface area contributed by atoms with E-state index in [4.69, 9.17) is 14.6 Å². The minimum atomic E-state index is -0.887. The average Bonchev–Trinajstić information content (AvgIpc) is 2.70. The van der Waals surface area contributed by atoms with Crippen LogP contribution in [0.15, 0.2) is 48.5 Å². The van der Waals surface area contributed by atoms with E-state index in [2.05, 4.69) is 5.32 Å². The van der Waals surface area contributed by atoms with Crippen LogP contribution in [0.1, 0.15) is 23.6 Å². The van der Waals surface area contributed by atoms with Crippen molar-refractivity contribution in [2.45, 2.75) is 12.5 Å². The van der Waals surface area contributed by atoms with Gasteiger partial charge in [-0.15, -0.1) is 0 Å². The molecule has 1 amide bonds. The lowest BCUT2D eigenvalue weighted by Crippen LogP contribution is -2.38. The molecule has 0 heterocycles. The van der Waals surface area contributed by atoms with Gasteiger partial charge in [0, 0.05) is 6.54 Å². The molecule has 0 fully saturated rings. The molecule has 7 heteroatoms. The van der Waals surface area contributed by atoms with E-state index < -0.39 is 5.97 Å². The first-order chi connectivity index (χ1) is 13.4. The first kappa shape index (κ1) is 21.2. The fraction of sp³-hybridized carbons (Fsp3) is 0.333. The molecule has 150 valence electrons. The summed E-state index contributed by atoms with van der Waals surface area (Å²) in [6, 6.07) is 14.6. The number of carboxylic acids is 1.